The number of rotatable bonds is 7. The summed E-state index contributed by atoms with van der Waals surface area (Å²) in [7, 11) is -3.78. The van der Waals surface area contributed by atoms with Crippen LogP contribution >= 0.6 is 0 Å². The molecule has 4 heterocycles. The van der Waals surface area contributed by atoms with Crippen LogP contribution < -0.4 is 9.62 Å². The Morgan fingerprint density at radius 1 is 1.07 bits per heavy atom. The molecule has 0 unspecified atom stereocenters. The molecule has 6 rings (SSSR count). The summed E-state index contributed by atoms with van der Waals surface area (Å²) in [6, 6.07) is 7.71. The fraction of sp³-hybridized carbons (Fsp3) is 0.536. The van der Waals surface area contributed by atoms with Gasteiger partial charge in [0, 0.05) is 38.6 Å². The predicted octanol–water partition coefficient (Wildman–Crippen LogP) is 3.07. The Labute approximate surface area is 233 Å². The third-order valence-corrected chi connectivity index (χ3v) is 8.85. The highest BCUT2D eigenvalue weighted by atomic mass is 32.2. The third-order valence-electron chi connectivity index (χ3n) is 8.29. The van der Waals surface area contributed by atoms with Gasteiger partial charge in [-0.1, -0.05) is 6.42 Å². The standard InChI is InChI=1S/C28H35FN6O4S/c1-40(37,38)32-28(36)23-17-24(34-11-9-19(10-12-34)18-33-13-15-39-16-14-33)25-26(20-3-2-4-20)31-35(27(25)30-23)22-7-5-21(29)6-8-22/h5-8,17,19-20H,2-4,9-16,18H2,1H3,(H,32,36). The zero-order chi connectivity index (χ0) is 27.9. The molecular formula is C28H35FN6O4S. The monoisotopic (exact) mass is 570 g/mol. The van der Waals surface area contributed by atoms with Crippen LogP contribution in [-0.2, 0) is 14.8 Å². The number of sulfonamides is 1. The Bertz CT molecular complexity index is 1490. The van der Waals surface area contributed by atoms with Crippen LogP contribution in [0.15, 0.2) is 30.3 Å². The quantitative estimate of drug-likeness (QED) is 0.462. The number of hydrogen-bond acceptors (Lipinski definition) is 8. The van der Waals surface area contributed by atoms with Gasteiger partial charge in [0.2, 0.25) is 10.0 Å². The minimum absolute atomic E-state index is 0.00628. The molecule has 10 nitrogen and oxygen atoms in total. The van der Waals surface area contributed by atoms with Crippen molar-refractivity contribution in [3.63, 3.8) is 0 Å². The second kappa shape index (κ2) is 11.1. The van der Waals surface area contributed by atoms with E-state index >= 15 is 0 Å². The van der Waals surface area contributed by atoms with Crippen molar-refractivity contribution < 1.29 is 22.3 Å². The molecule has 2 saturated heterocycles. The molecule has 0 bridgehead atoms. The van der Waals surface area contributed by atoms with Crippen LogP contribution in [0.3, 0.4) is 0 Å². The average molecular weight is 571 g/mol. The van der Waals surface area contributed by atoms with Crippen molar-refractivity contribution in [2.75, 3.05) is 57.1 Å². The lowest BCUT2D eigenvalue weighted by Gasteiger charge is -2.37. The number of anilines is 1. The normalized spacial score (nSPS) is 19.6. The minimum Gasteiger partial charge on any atom is -0.379 e. The second-order valence-electron chi connectivity index (χ2n) is 11.2. The highest BCUT2D eigenvalue weighted by molar-refractivity contribution is 7.89. The number of piperidine rings is 1. The third kappa shape index (κ3) is 5.70. The number of halogens is 1. The first-order valence-corrected chi connectivity index (χ1v) is 15.9. The number of morpholine rings is 1. The number of amides is 1. The van der Waals surface area contributed by atoms with Gasteiger partial charge in [-0.3, -0.25) is 9.69 Å². The van der Waals surface area contributed by atoms with Crippen molar-refractivity contribution in [3.05, 3.63) is 47.5 Å². The minimum atomic E-state index is -3.78. The number of carbonyl (C=O) groups is 1. The molecule has 2 aromatic heterocycles. The molecular weight excluding hydrogens is 535 g/mol. The van der Waals surface area contributed by atoms with Gasteiger partial charge in [0.25, 0.3) is 5.91 Å². The number of carbonyl (C=O) groups excluding carboxylic acids is 1. The van der Waals surface area contributed by atoms with Gasteiger partial charge in [0.1, 0.15) is 11.5 Å². The van der Waals surface area contributed by atoms with E-state index in [-0.39, 0.29) is 17.4 Å². The molecule has 3 aliphatic rings. The van der Waals surface area contributed by atoms with Crippen LogP contribution in [0.2, 0.25) is 0 Å². The van der Waals surface area contributed by atoms with Crippen LogP contribution in [-0.4, -0.2) is 86.2 Å². The topological polar surface area (TPSA) is 110 Å². The molecule has 1 aromatic carbocycles. The van der Waals surface area contributed by atoms with Gasteiger partial charge >= 0.3 is 0 Å². The maximum atomic E-state index is 13.8. The van der Waals surface area contributed by atoms with Crippen LogP contribution in [0, 0.1) is 11.7 Å². The molecule has 214 valence electrons. The van der Waals surface area contributed by atoms with Crippen molar-refractivity contribution in [2.24, 2.45) is 5.92 Å². The highest BCUT2D eigenvalue weighted by Gasteiger charge is 2.32. The highest BCUT2D eigenvalue weighted by Crippen LogP contribution is 2.43. The first-order valence-electron chi connectivity index (χ1n) is 14.0. The summed E-state index contributed by atoms with van der Waals surface area (Å²) >= 11 is 0. The Kier molecular flexibility index (Phi) is 7.49. The van der Waals surface area contributed by atoms with E-state index in [9.17, 15) is 17.6 Å². The second-order valence-corrected chi connectivity index (χ2v) is 12.9. The fourth-order valence-corrected chi connectivity index (χ4v) is 6.39. The summed E-state index contributed by atoms with van der Waals surface area (Å²) in [5.74, 6) is -0.293. The maximum absolute atomic E-state index is 13.8. The number of pyridine rings is 1. The largest absolute Gasteiger partial charge is 0.379 e. The van der Waals surface area contributed by atoms with Crippen molar-refractivity contribution >= 4 is 32.7 Å². The number of hydrogen-bond donors (Lipinski definition) is 1. The molecule has 1 aliphatic carbocycles. The van der Waals surface area contributed by atoms with E-state index in [2.05, 4.69) is 19.5 Å². The Morgan fingerprint density at radius 2 is 1.77 bits per heavy atom. The number of nitrogens with zero attached hydrogens (tertiary/aromatic N) is 5. The molecule has 12 heteroatoms. The fourth-order valence-electron chi connectivity index (χ4n) is 5.94. The Morgan fingerprint density at radius 3 is 2.40 bits per heavy atom. The summed E-state index contributed by atoms with van der Waals surface area (Å²) < 4.78 is 46.8. The molecule has 0 radical (unpaired) electrons. The Hall–Kier alpha value is -3.09. The van der Waals surface area contributed by atoms with Crippen LogP contribution in [0.1, 0.15) is 54.2 Å². The van der Waals surface area contributed by atoms with E-state index in [4.69, 9.17) is 9.84 Å². The SMILES string of the molecule is CS(=O)(=O)NC(=O)c1cc(N2CCC(CN3CCOCC3)CC2)c2c(C3CCC3)nn(-c3ccc(F)cc3)c2n1. The molecule has 0 spiro atoms. The summed E-state index contributed by atoms with van der Waals surface area (Å²) in [6.07, 6.45) is 6.13. The van der Waals surface area contributed by atoms with E-state index in [0.717, 1.165) is 101 Å². The maximum Gasteiger partial charge on any atom is 0.283 e. The number of aromatic nitrogens is 3. The van der Waals surface area contributed by atoms with Crippen LogP contribution in [0.4, 0.5) is 10.1 Å². The van der Waals surface area contributed by atoms with Crippen LogP contribution in [0.5, 0.6) is 0 Å². The van der Waals surface area contributed by atoms with E-state index in [0.29, 0.717) is 17.3 Å². The van der Waals surface area contributed by atoms with Gasteiger partial charge in [0.15, 0.2) is 5.65 Å². The summed E-state index contributed by atoms with van der Waals surface area (Å²) in [4.78, 5) is 22.5. The van der Waals surface area contributed by atoms with Gasteiger partial charge in [-0.15, -0.1) is 0 Å². The lowest BCUT2D eigenvalue weighted by molar-refractivity contribution is 0.0289. The lowest BCUT2D eigenvalue weighted by Crippen LogP contribution is -2.43. The number of benzene rings is 1. The Balaban J connectivity index is 1.40. The van der Waals surface area contributed by atoms with Crippen molar-refractivity contribution in [3.8, 4) is 5.69 Å². The zero-order valence-corrected chi connectivity index (χ0v) is 23.5. The number of nitrogens with one attached hydrogen (secondary N) is 1. The molecule has 2 aliphatic heterocycles. The predicted molar refractivity (Wildman–Crippen MR) is 150 cm³/mol. The van der Waals surface area contributed by atoms with Gasteiger partial charge in [-0.25, -0.2) is 27.2 Å². The van der Waals surface area contributed by atoms with Crippen molar-refractivity contribution in [2.45, 2.75) is 38.0 Å². The number of ether oxygens (including phenoxy) is 1. The number of fused-ring (bicyclic) bond motifs is 1. The van der Waals surface area contributed by atoms with E-state index < -0.39 is 15.9 Å². The van der Waals surface area contributed by atoms with Crippen molar-refractivity contribution in [1.29, 1.82) is 0 Å². The summed E-state index contributed by atoms with van der Waals surface area (Å²) in [5, 5.41) is 5.86. The first-order chi connectivity index (χ1) is 19.2. The zero-order valence-electron chi connectivity index (χ0n) is 22.7. The molecule has 40 heavy (non-hydrogen) atoms. The molecule has 1 amide bonds. The van der Waals surface area contributed by atoms with Gasteiger partial charge in [-0.05, 0) is 61.9 Å². The van der Waals surface area contributed by atoms with Crippen LogP contribution in [0.25, 0.3) is 16.7 Å². The van der Waals surface area contributed by atoms with E-state index in [1.54, 1.807) is 22.9 Å². The summed E-state index contributed by atoms with van der Waals surface area (Å²) in [6.45, 7) is 6.19. The van der Waals surface area contributed by atoms with E-state index in [1.807, 2.05) is 0 Å². The first kappa shape index (κ1) is 27.1. The van der Waals surface area contributed by atoms with Gasteiger partial charge in [0.05, 0.1) is 41.9 Å². The van der Waals surface area contributed by atoms with Gasteiger partial charge in [-0.2, -0.15) is 5.10 Å². The smallest absolute Gasteiger partial charge is 0.283 e. The van der Waals surface area contributed by atoms with Gasteiger partial charge < -0.3 is 9.64 Å². The lowest BCUT2D eigenvalue weighted by atomic mass is 9.81. The molecule has 0 atom stereocenters. The average Bonchev–Trinajstić information content (AvgIpc) is 3.27. The summed E-state index contributed by atoms with van der Waals surface area (Å²) in [5.41, 5.74) is 2.88. The molecule has 1 N–H and O–H groups in total. The molecule has 3 fully saturated rings. The van der Waals surface area contributed by atoms with E-state index in [1.165, 1.54) is 12.1 Å². The molecule has 1 saturated carbocycles. The molecule has 3 aromatic rings. The van der Waals surface area contributed by atoms with Crippen molar-refractivity contribution in [1.82, 2.24) is 24.4 Å².